The van der Waals surface area contributed by atoms with Crippen LogP contribution in [0.3, 0.4) is 0 Å². The first-order valence-electron chi connectivity index (χ1n) is 10.6. The molecule has 0 radical (unpaired) electrons. The normalized spacial score (nSPS) is 12.8. The van der Waals surface area contributed by atoms with Crippen LogP contribution in [-0.4, -0.2) is 34.2 Å². The number of allylic oxidation sites excluding steroid dienone is 1. The van der Waals surface area contributed by atoms with E-state index in [1.165, 1.54) is 7.11 Å². The van der Waals surface area contributed by atoms with Gasteiger partial charge in [-0.2, -0.15) is 8.75 Å². The second kappa shape index (κ2) is 10.7. The third-order valence-corrected chi connectivity index (χ3v) is 6.37. The van der Waals surface area contributed by atoms with Gasteiger partial charge in [0.1, 0.15) is 22.5 Å². The molecule has 0 spiro atoms. The van der Waals surface area contributed by atoms with Crippen molar-refractivity contribution in [1.82, 2.24) is 8.75 Å². The van der Waals surface area contributed by atoms with Gasteiger partial charge in [0.05, 0.1) is 31.4 Å². The smallest absolute Gasteiger partial charge is 0.545 e. The number of nitrogens with zero attached hydrogens (tertiary/aromatic N) is 2. The minimum Gasteiger partial charge on any atom is -0.545 e. The van der Waals surface area contributed by atoms with Gasteiger partial charge in [0, 0.05) is 29.6 Å². The van der Waals surface area contributed by atoms with Crippen LogP contribution in [0, 0.1) is 0 Å². The molecular formula is C26H19N2NaO5S. The standard InChI is InChI=1S/C26H20N2O5S.Na/c1-32-19-6-3-16(4-7-19)25(29)20(13-15-2-9-23-17(12-15)10-11-33-23)24(26(30)31)18-5-8-21-22(14-18)28-34-27-21;/h2-9,12,14H,10-11,13H2,1H3,(H,30,31);/q;+1/p-1/b24-20-;. The van der Waals surface area contributed by atoms with Crippen molar-refractivity contribution in [2.45, 2.75) is 12.8 Å². The average Bonchev–Trinajstić information content (AvgIpc) is 3.51. The van der Waals surface area contributed by atoms with Crippen LogP contribution in [0.15, 0.2) is 66.2 Å². The van der Waals surface area contributed by atoms with Gasteiger partial charge in [0.2, 0.25) is 0 Å². The minimum atomic E-state index is -1.43. The van der Waals surface area contributed by atoms with E-state index in [9.17, 15) is 14.7 Å². The molecule has 3 aromatic carbocycles. The summed E-state index contributed by atoms with van der Waals surface area (Å²) >= 11 is 1.04. The Hall–Kier alpha value is -3.04. The summed E-state index contributed by atoms with van der Waals surface area (Å²) in [6.45, 7) is 0.609. The van der Waals surface area contributed by atoms with E-state index in [4.69, 9.17) is 9.47 Å². The first-order valence-corrected chi connectivity index (χ1v) is 11.4. The zero-order valence-corrected chi connectivity index (χ0v) is 22.1. The monoisotopic (exact) mass is 494 g/mol. The Balaban J connectivity index is 0.00000289. The molecule has 1 aromatic heterocycles. The van der Waals surface area contributed by atoms with Gasteiger partial charge in [-0.25, -0.2) is 0 Å². The number of carbonyl (C=O) groups is 2. The zero-order valence-electron chi connectivity index (χ0n) is 19.2. The number of carboxylic acid groups (broad SMARTS) is 1. The Labute approximate surface area is 228 Å². The summed E-state index contributed by atoms with van der Waals surface area (Å²) in [5, 5.41) is 12.4. The molecule has 5 rings (SSSR count). The number of hydrogen-bond acceptors (Lipinski definition) is 8. The molecule has 0 atom stereocenters. The number of Topliss-reactive ketones (excluding diaryl/α,β-unsaturated/α-hetero) is 1. The summed E-state index contributed by atoms with van der Waals surface area (Å²) in [4.78, 5) is 26.1. The first kappa shape index (κ1) is 25.1. The van der Waals surface area contributed by atoms with Crippen LogP contribution in [0.25, 0.3) is 16.6 Å². The van der Waals surface area contributed by atoms with Gasteiger partial charge >= 0.3 is 29.6 Å². The van der Waals surface area contributed by atoms with E-state index in [1.807, 2.05) is 18.2 Å². The molecule has 35 heavy (non-hydrogen) atoms. The third kappa shape index (κ3) is 5.16. The predicted octanol–water partition coefficient (Wildman–Crippen LogP) is 0.268. The molecular weight excluding hydrogens is 475 g/mol. The van der Waals surface area contributed by atoms with Gasteiger partial charge in [-0.15, -0.1) is 0 Å². The molecule has 0 amide bonds. The van der Waals surface area contributed by atoms with Crippen LogP contribution in [-0.2, 0) is 17.6 Å². The summed E-state index contributed by atoms with van der Waals surface area (Å²) < 4.78 is 19.1. The SMILES string of the molecule is COc1ccc(C(=O)/C(Cc2ccc3c(c2)CCO3)=C(\C(=O)[O-])c2ccc3nsnc3c2)cc1.[Na+]. The van der Waals surface area contributed by atoms with E-state index in [1.54, 1.807) is 42.5 Å². The van der Waals surface area contributed by atoms with E-state index in [2.05, 4.69) is 8.75 Å². The van der Waals surface area contributed by atoms with E-state index >= 15 is 0 Å². The molecule has 0 saturated heterocycles. The molecule has 0 unspecified atom stereocenters. The molecule has 7 nitrogen and oxygen atoms in total. The van der Waals surface area contributed by atoms with Gasteiger partial charge in [0.25, 0.3) is 0 Å². The molecule has 1 aliphatic heterocycles. The molecule has 0 aliphatic carbocycles. The second-order valence-electron chi connectivity index (χ2n) is 7.88. The minimum absolute atomic E-state index is 0. The molecule has 2 heterocycles. The van der Waals surface area contributed by atoms with Crippen molar-refractivity contribution in [2.75, 3.05) is 13.7 Å². The number of rotatable bonds is 7. The first-order chi connectivity index (χ1) is 16.5. The van der Waals surface area contributed by atoms with Crippen molar-refractivity contribution in [3.8, 4) is 11.5 Å². The number of ketones is 1. The molecule has 0 fully saturated rings. The van der Waals surface area contributed by atoms with Crippen LogP contribution in [0.1, 0.15) is 27.0 Å². The summed E-state index contributed by atoms with van der Waals surface area (Å²) in [5.41, 5.74) is 3.76. The van der Waals surface area contributed by atoms with Crippen molar-refractivity contribution < 1.29 is 53.7 Å². The Kier molecular flexibility index (Phi) is 7.66. The second-order valence-corrected chi connectivity index (χ2v) is 8.41. The van der Waals surface area contributed by atoms with Gasteiger partial charge in [-0.05, 0) is 59.2 Å². The summed E-state index contributed by atoms with van der Waals surface area (Å²) in [6.07, 6.45) is 0.893. The third-order valence-electron chi connectivity index (χ3n) is 5.81. The number of benzene rings is 3. The van der Waals surface area contributed by atoms with Crippen molar-refractivity contribution in [3.63, 3.8) is 0 Å². The zero-order chi connectivity index (χ0) is 23.7. The quantitative estimate of drug-likeness (QED) is 0.207. The van der Waals surface area contributed by atoms with Crippen molar-refractivity contribution >= 4 is 40.1 Å². The number of hydrogen-bond donors (Lipinski definition) is 0. The van der Waals surface area contributed by atoms with Gasteiger partial charge < -0.3 is 19.4 Å². The maximum Gasteiger partial charge on any atom is 1.00 e. The van der Waals surface area contributed by atoms with Gasteiger partial charge in [-0.1, -0.05) is 18.2 Å². The fourth-order valence-corrected chi connectivity index (χ4v) is 4.62. The van der Waals surface area contributed by atoms with Crippen LogP contribution in [0.4, 0.5) is 0 Å². The summed E-state index contributed by atoms with van der Waals surface area (Å²) in [7, 11) is 1.54. The number of aliphatic carboxylic acids is 1. The van der Waals surface area contributed by atoms with E-state index in [-0.39, 0.29) is 47.1 Å². The molecule has 0 bridgehead atoms. The fraction of sp³-hybridized carbons (Fsp3) is 0.154. The molecule has 4 aromatic rings. The summed E-state index contributed by atoms with van der Waals surface area (Å²) in [6, 6.07) is 17.2. The maximum absolute atomic E-state index is 13.7. The largest absolute Gasteiger partial charge is 1.00 e. The average molecular weight is 495 g/mol. The van der Waals surface area contributed by atoms with E-state index in [0.29, 0.717) is 34.5 Å². The number of carboxylic acids is 1. The van der Waals surface area contributed by atoms with Crippen LogP contribution >= 0.6 is 11.7 Å². The Morgan fingerprint density at radius 2 is 1.74 bits per heavy atom. The number of fused-ring (bicyclic) bond motifs is 2. The van der Waals surface area contributed by atoms with Crippen LogP contribution < -0.4 is 44.1 Å². The Morgan fingerprint density at radius 3 is 2.49 bits per heavy atom. The Morgan fingerprint density at radius 1 is 1.00 bits per heavy atom. The van der Waals surface area contributed by atoms with E-state index < -0.39 is 11.8 Å². The number of aromatic nitrogens is 2. The van der Waals surface area contributed by atoms with Crippen LogP contribution in [0.5, 0.6) is 11.5 Å². The fourth-order valence-electron chi connectivity index (χ4n) is 4.11. The van der Waals surface area contributed by atoms with Crippen molar-refractivity contribution in [1.29, 1.82) is 0 Å². The predicted molar refractivity (Wildman–Crippen MR) is 126 cm³/mol. The number of carbonyl (C=O) groups excluding carboxylic acids is 2. The van der Waals surface area contributed by atoms with Crippen LogP contribution in [0.2, 0.25) is 0 Å². The maximum atomic E-state index is 13.7. The molecule has 0 N–H and O–H groups in total. The van der Waals surface area contributed by atoms with Crippen molar-refractivity contribution in [2.24, 2.45) is 0 Å². The number of ether oxygens (including phenoxy) is 2. The van der Waals surface area contributed by atoms with Gasteiger partial charge in [0.15, 0.2) is 5.78 Å². The number of methoxy groups -OCH3 is 1. The van der Waals surface area contributed by atoms with E-state index in [0.717, 1.165) is 35.0 Å². The van der Waals surface area contributed by atoms with Gasteiger partial charge in [-0.3, -0.25) is 4.79 Å². The molecule has 9 heteroatoms. The molecule has 170 valence electrons. The summed E-state index contributed by atoms with van der Waals surface area (Å²) in [5.74, 6) is -0.404. The molecule has 1 aliphatic rings. The van der Waals surface area contributed by atoms with Crippen molar-refractivity contribution in [3.05, 3.63) is 88.5 Å². The topological polar surface area (TPSA) is 101 Å². The molecule has 0 saturated carbocycles. The Bertz CT molecular complexity index is 1450.